The van der Waals surface area contributed by atoms with E-state index in [0.717, 1.165) is 14.7 Å². The zero-order valence-electron chi connectivity index (χ0n) is 24.9. The van der Waals surface area contributed by atoms with Gasteiger partial charge in [-0.25, -0.2) is 14.2 Å². The normalized spacial score (nSPS) is 16.5. The second-order valence-corrected chi connectivity index (χ2v) is 10.7. The van der Waals surface area contributed by atoms with E-state index in [2.05, 4.69) is 15.6 Å². The molecule has 0 spiro atoms. The van der Waals surface area contributed by atoms with Crippen LogP contribution < -0.4 is 26.6 Å². The number of amides is 1. The first-order chi connectivity index (χ1) is 21.1. The molecule has 44 heavy (non-hydrogen) atoms. The van der Waals surface area contributed by atoms with Crippen molar-refractivity contribution in [2.45, 2.75) is 32.0 Å². The van der Waals surface area contributed by atoms with Gasteiger partial charge in [0.15, 0.2) is 0 Å². The molecule has 4 aromatic rings. The Kier molecular flexibility index (Phi) is 9.04. The van der Waals surface area contributed by atoms with Crippen LogP contribution in [-0.4, -0.2) is 57.6 Å². The van der Waals surface area contributed by atoms with E-state index in [4.69, 9.17) is 9.47 Å². The summed E-state index contributed by atoms with van der Waals surface area (Å²) in [6.07, 6.45) is 1.28. The molecule has 5 rings (SSSR count). The zero-order valence-corrected chi connectivity index (χ0v) is 24.9. The number of hydrogen-bond donors (Lipinski definition) is 3. The number of aromatic nitrogens is 3. The van der Waals surface area contributed by atoms with Crippen molar-refractivity contribution in [3.8, 4) is 28.3 Å². The maximum atomic E-state index is 16.1. The van der Waals surface area contributed by atoms with Crippen LogP contribution >= 0.6 is 0 Å². The third-order valence-electron chi connectivity index (χ3n) is 7.85. The Balaban J connectivity index is 1.42. The lowest BCUT2D eigenvalue weighted by atomic mass is 9.95. The average molecular weight is 604 g/mol. The Hall–Kier alpha value is -4.65. The molecule has 3 N–H and O–H groups in total. The fraction of sp³-hybridized carbons (Fsp3) is 0.312. The van der Waals surface area contributed by atoms with Crippen LogP contribution in [0, 0.1) is 12.7 Å². The number of hydrogen-bond acceptors (Lipinski definition) is 8. The Labute approximate surface area is 252 Å². The molecule has 1 aliphatic heterocycles. The van der Waals surface area contributed by atoms with Crippen molar-refractivity contribution in [3.05, 3.63) is 98.1 Å². The highest BCUT2D eigenvalue weighted by Crippen LogP contribution is 2.35. The predicted molar refractivity (Wildman–Crippen MR) is 163 cm³/mol. The monoisotopic (exact) mass is 603 g/mol. The lowest BCUT2D eigenvalue weighted by molar-refractivity contribution is -0.0281. The number of rotatable bonds is 8. The Morgan fingerprint density at radius 2 is 1.84 bits per heavy atom. The molecule has 1 amide bonds. The molecule has 2 aromatic heterocycles. The van der Waals surface area contributed by atoms with Gasteiger partial charge in [0.05, 0.1) is 25.5 Å². The molecule has 0 bridgehead atoms. The van der Waals surface area contributed by atoms with Crippen molar-refractivity contribution in [3.63, 3.8) is 0 Å². The topological polar surface area (TPSA) is 137 Å². The summed E-state index contributed by atoms with van der Waals surface area (Å²) in [7, 11) is 4.25. The predicted octanol–water partition coefficient (Wildman–Crippen LogP) is 2.76. The molecule has 12 heteroatoms. The molecule has 0 unspecified atom stereocenters. The van der Waals surface area contributed by atoms with Gasteiger partial charge >= 0.3 is 5.69 Å². The highest BCUT2D eigenvalue weighted by atomic mass is 19.1. The molecule has 0 saturated carbocycles. The first-order valence-corrected chi connectivity index (χ1v) is 14.1. The van der Waals surface area contributed by atoms with Gasteiger partial charge in [-0.1, -0.05) is 30.3 Å². The van der Waals surface area contributed by atoms with Crippen LogP contribution in [0.2, 0.25) is 0 Å². The third-order valence-corrected chi connectivity index (χ3v) is 7.85. The van der Waals surface area contributed by atoms with Gasteiger partial charge in [0.2, 0.25) is 5.88 Å². The van der Waals surface area contributed by atoms with Crippen LogP contribution in [0.4, 0.5) is 10.1 Å². The fourth-order valence-corrected chi connectivity index (χ4v) is 5.29. The van der Waals surface area contributed by atoms with Gasteiger partial charge in [-0.15, -0.1) is 0 Å². The number of ether oxygens (including phenoxy) is 2. The number of pyridine rings is 1. The minimum Gasteiger partial charge on any atom is -0.481 e. The number of aliphatic hydroxyl groups excluding tert-OH is 1. The van der Waals surface area contributed by atoms with E-state index >= 15 is 4.39 Å². The molecule has 0 aliphatic carbocycles. The molecule has 2 atom stereocenters. The van der Waals surface area contributed by atoms with Crippen LogP contribution in [-0.2, 0) is 25.4 Å². The zero-order chi connectivity index (χ0) is 31.5. The maximum absolute atomic E-state index is 16.1. The number of methoxy groups -OCH3 is 1. The smallest absolute Gasteiger partial charge is 0.330 e. The number of anilines is 1. The standard InChI is InChI=1S/C32H34FN5O6/c1-18-20(7-6-10-24(18)35-29(40)23-16-37(2)32(42)38(3)31(23)41)21-8-5-9-22(28(21)33)25-12-11-19(30(36-25)43-4)15-34-26-13-14-44-17-27(26)39/h5-12,16,26-27,34,39H,13-15,17H2,1-4H3,(H,35,40)/t26-,27+/m1/s1. The van der Waals surface area contributed by atoms with E-state index < -0.39 is 29.1 Å². The lowest BCUT2D eigenvalue weighted by Gasteiger charge is -2.28. The molecule has 11 nitrogen and oxygen atoms in total. The largest absolute Gasteiger partial charge is 0.481 e. The molecule has 1 aliphatic rings. The SMILES string of the molecule is COc1nc(-c2cccc(-c3cccc(NC(=O)c4cn(C)c(=O)n(C)c4=O)c3C)c2F)ccc1CN[C@@H]1CCOC[C@@H]1O. The Morgan fingerprint density at radius 1 is 1.11 bits per heavy atom. The summed E-state index contributed by atoms with van der Waals surface area (Å²) in [5, 5.41) is 16.2. The van der Waals surface area contributed by atoms with Crippen molar-refractivity contribution < 1.29 is 23.8 Å². The third kappa shape index (κ3) is 6.05. The minimum absolute atomic E-state index is 0.113. The number of nitrogens with one attached hydrogen (secondary N) is 2. The number of aryl methyl sites for hydroxylation is 1. The molecule has 1 fully saturated rings. The van der Waals surface area contributed by atoms with E-state index in [-0.39, 0.29) is 23.8 Å². The van der Waals surface area contributed by atoms with Gasteiger partial charge in [-0.2, -0.15) is 0 Å². The van der Waals surface area contributed by atoms with Gasteiger partial charge < -0.3 is 29.8 Å². The van der Waals surface area contributed by atoms with Crippen LogP contribution in [0.5, 0.6) is 5.88 Å². The molecule has 3 heterocycles. The van der Waals surface area contributed by atoms with E-state index in [1.54, 1.807) is 49.4 Å². The quantitative estimate of drug-likeness (QED) is 0.280. The fourth-order valence-electron chi connectivity index (χ4n) is 5.29. The summed E-state index contributed by atoms with van der Waals surface area (Å²) in [4.78, 5) is 42.2. The van der Waals surface area contributed by atoms with E-state index in [9.17, 15) is 19.5 Å². The van der Waals surface area contributed by atoms with Crippen molar-refractivity contribution in [2.24, 2.45) is 14.1 Å². The van der Waals surface area contributed by atoms with Gasteiger partial charge in [-0.05, 0) is 42.7 Å². The minimum atomic E-state index is -0.718. The van der Waals surface area contributed by atoms with Crippen LogP contribution in [0.1, 0.15) is 27.9 Å². The Bertz CT molecular complexity index is 1840. The molecular formula is C32H34FN5O6. The Morgan fingerprint density at radius 3 is 2.59 bits per heavy atom. The lowest BCUT2D eigenvalue weighted by Crippen LogP contribution is -2.46. The first-order valence-electron chi connectivity index (χ1n) is 14.1. The van der Waals surface area contributed by atoms with Crippen molar-refractivity contribution in [2.75, 3.05) is 25.6 Å². The summed E-state index contributed by atoms with van der Waals surface area (Å²) in [6, 6.07) is 13.5. The highest BCUT2D eigenvalue weighted by Gasteiger charge is 2.24. The van der Waals surface area contributed by atoms with E-state index in [1.165, 1.54) is 27.4 Å². The molecule has 0 radical (unpaired) electrons. The summed E-state index contributed by atoms with van der Waals surface area (Å²) in [5.41, 5.74) is 1.76. The maximum Gasteiger partial charge on any atom is 0.330 e. The van der Waals surface area contributed by atoms with Crippen LogP contribution in [0.3, 0.4) is 0 Å². The van der Waals surface area contributed by atoms with Crippen molar-refractivity contribution >= 4 is 11.6 Å². The number of aliphatic hydroxyl groups is 1. The average Bonchev–Trinajstić information content (AvgIpc) is 3.02. The van der Waals surface area contributed by atoms with E-state index in [1.807, 2.05) is 6.07 Å². The molecule has 1 saturated heterocycles. The molecular weight excluding hydrogens is 569 g/mol. The van der Waals surface area contributed by atoms with Crippen molar-refractivity contribution in [1.29, 1.82) is 0 Å². The van der Waals surface area contributed by atoms with Gasteiger partial charge in [0.25, 0.3) is 11.5 Å². The summed E-state index contributed by atoms with van der Waals surface area (Å²) in [5.74, 6) is -0.851. The summed E-state index contributed by atoms with van der Waals surface area (Å²) in [6.45, 7) is 3.01. The highest BCUT2D eigenvalue weighted by molar-refractivity contribution is 6.04. The number of halogens is 1. The van der Waals surface area contributed by atoms with Crippen LogP contribution in [0.25, 0.3) is 22.4 Å². The van der Waals surface area contributed by atoms with Crippen molar-refractivity contribution in [1.82, 2.24) is 19.4 Å². The van der Waals surface area contributed by atoms with Gasteiger partial charge in [0.1, 0.15) is 11.4 Å². The van der Waals surface area contributed by atoms with Gasteiger partial charge in [-0.3, -0.25) is 14.2 Å². The van der Waals surface area contributed by atoms with Gasteiger partial charge in [0, 0.05) is 61.9 Å². The number of carbonyl (C=O) groups is 1. The molecule has 2 aromatic carbocycles. The number of carbonyl (C=O) groups excluding carboxylic acids is 1. The number of nitrogens with zero attached hydrogens (tertiary/aromatic N) is 3. The summed E-state index contributed by atoms with van der Waals surface area (Å²) >= 11 is 0. The second-order valence-electron chi connectivity index (χ2n) is 10.7. The second kappa shape index (κ2) is 12.9. The number of benzene rings is 2. The molecule has 230 valence electrons. The first kappa shape index (κ1) is 30.8. The van der Waals surface area contributed by atoms with Crippen LogP contribution in [0.15, 0.2) is 64.3 Å². The summed E-state index contributed by atoms with van der Waals surface area (Å²) < 4.78 is 29.0. The van der Waals surface area contributed by atoms with E-state index in [0.29, 0.717) is 53.5 Å².